The third kappa shape index (κ3) is 3.92. The van der Waals surface area contributed by atoms with Crippen molar-refractivity contribution < 1.29 is 4.74 Å². The van der Waals surface area contributed by atoms with Gasteiger partial charge in [0.05, 0.1) is 4.47 Å². The van der Waals surface area contributed by atoms with E-state index in [4.69, 9.17) is 4.74 Å². The van der Waals surface area contributed by atoms with Crippen LogP contribution in [0.2, 0.25) is 0 Å². The minimum Gasteiger partial charge on any atom is -0.373 e. The molecule has 1 N–H and O–H groups in total. The molecule has 1 unspecified atom stereocenters. The minimum atomic E-state index is -0.118. The van der Waals surface area contributed by atoms with Crippen molar-refractivity contribution >= 4 is 21.7 Å². The predicted octanol–water partition coefficient (Wildman–Crippen LogP) is 3.79. The van der Waals surface area contributed by atoms with E-state index in [1.807, 2.05) is 0 Å². The van der Waals surface area contributed by atoms with Gasteiger partial charge < -0.3 is 10.1 Å². The highest BCUT2D eigenvalue weighted by Crippen LogP contribution is 2.34. The average Bonchev–Trinajstić information content (AvgIpc) is 2.28. The van der Waals surface area contributed by atoms with Crippen molar-refractivity contribution in [3.63, 3.8) is 0 Å². The molecule has 1 rings (SSSR count). The lowest BCUT2D eigenvalue weighted by Gasteiger charge is -2.28. The Kier molecular flexibility index (Phi) is 5.53. The van der Waals surface area contributed by atoms with E-state index in [-0.39, 0.29) is 11.5 Å². The molecule has 0 saturated heterocycles. The van der Waals surface area contributed by atoms with Crippen LogP contribution in [0.25, 0.3) is 0 Å². The molecule has 1 atom stereocenters. The molecule has 0 fully saturated rings. The molecule has 1 aromatic rings. The zero-order valence-electron chi connectivity index (χ0n) is 11.7. The Labute approximate surface area is 118 Å². The molecule has 5 heteroatoms. The third-order valence-corrected chi connectivity index (χ3v) is 3.14. The van der Waals surface area contributed by atoms with Crippen LogP contribution in [0, 0.1) is 5.41 Å². The van der Waals surface area contributed by atoms with Crippen molar-refractivity contribution in [2.24, 2.45) is 5.41 Å². The second-order valence-corrected chi connectivity index (χ2v) is 6.19. The van der Waals surface area contributed by atoms with Crippen molar-refractivity contribution in [1.29, 1.82) is 0 Å². The summed E-state index contributed by atoms with van der Waals surface area (Å²) in [6.07, 6.45) is 2.71. The van der Waals surface area contributed by atoms with Crippen LogP contribution in [0.15, 0.2) is 10.7 Å². The summed E-state index contributed by atoms with van der Waals surface area (Å²) >= 11 is 3.45. The molecule has 0 aromatic carbocycles. The fourth-order valence-electron chi connectivity index (χ4n) is 1.72. The van der Waals surface area contributed by atoms with Crippen LogP contribution in [0.3, 0.4) is 0 Å². The van der Waals surface area contributed by atoms with Crippen molar-refractivity contribution in [2.45, 2.75) is 40.2 Å². The molecule has 18 heavy (non-hydrogen) atoms. The zero-order valence-corrected chi connectivity index (χ0v) is 13.3. The van der Waals surface area contributed by atoms with E-state index in [1.165, 1.54) is 0 Å². The second-order valence-electron chi connectivity index (χ2n) is 5.33. The Balaban J connectivity index is 3.02. The van der Waals surface area contributed by atoms with Crippen LogP contribution >= 0.6 is 15.9 Å². The van der Waals surface area contributed by atoms with Gasteiger partial charge in [0.25, 0.3) is 0 Å². The lowest BCUT2D eigenvalue weighted by atomic mass is 9.88. The van der Waals surface area contributed by atoms with Crippen LogP contribution in [-0.2, 0) is 4.74 Å². The smallest absolute Gasteiger partial charge is 0.160 e. The van der Waals surface area contributed by atoms with E-state index in [2.05, 4.69) is 58.9 Å². The normalized spacial score (nSPS) is 13.4. The summed E-state index contributed by atoms with van der Waals surface area (Å²) in [5, 5.41) is 3.28. The highest BCUT2D eigenvalue weighted by molar-refractivity contribution is 9.10. The Morgan fingerprint density at radius 3 is 2.61 bits per heavy atom. The highest BCUT2D eigenvalue weighted by Gasteiger charge is 2.29. The summed E-state index contributed by atoms with van der Waals surface area (Å²) in [6, 6.07) is 0. The summed E-state index contributed by atoms with van der Waals surface area (Å²) in [4.78, 5) is 8.91. The summed E-state index contributed by atoms with van der Waals surface area (Å²) in [6.45, 7) is 9.36. The average molecular weight is 316 g/mol. The topological polar surface area (TPSA) is 47.0 Å². The van der Waals surface area contributed by atoms with Gasteiger partial charge in [0.1, 0.15) is 11.9 Å². The van der Waals surface area contributed by atoms with Gasteiger partial charge in [0.2, 0.25) is 0 Å². The maximum absolute atomic E-state index is 5.53. The molecule has 0 amide bonds. The number of rotatable bonds is 5. The van der Waals surface area contributed by atoms with Crippen LogP contribution in [0.4, 0.5) is 5.82 Å². The molecule has 0 radical (unpaired) electrons. The standard InChI is InChI=1S/C13H22BrN3O/c1-6-7-15-11-9(14)8-16-12(17-11)10(18-5)13(2,3)4/h8,10H,6-7H2,1-5H3,(H,15,16,17). The summed E-state index contributed by atoms with van der Waals surface area (Å²) in [7, 11) is 1.69. The molecular weight excluding hydrogens is 294 g/mol. The van der Waals surface area contributed by atoms with Crippen LogP contribution in [-0.4, -0.2) is 23.6 Å². The molecule has 0 aliphatic carbocycles. The van der Waals surface area contributed by atoms with Crippen LogP contribution in [0.1, 0.15) is 46.0 Å². The first-order valence-corrected chi connectivity index (χ1v) is 6.98. The first-order valence-electron chi connectivity index (χ1n) is 6.19. The lowest BCUT2D eigenvalue weighted by Crippen LogP contribution is -2.23. The van der Waals surface area contributed by atoms with E-state index in [0.29, 0.717) is 5.82 Å². The van der Waals surface area contributed by atoms with Crippen molar-refractivity contribution in [3.8, 4) is 0 Å². The van der Waals surface area contributed by atoms with Crippen LogP contribution < -0.4 is 5.32 Å². The van der Waals surface area contributed by atoms with Crippen molar-refractivity contribution in [1.82, 2.24) is 9.97 Å². The zero-order chi connectivity index (χ0) is 13.8. The SMILES string of the molecule is CCCNc1nc(C(OC)C(C)(C)C)ncc1Br. The van der Waals surface area contributed by atoms with E-state index >= 15 is 0 Å². The Bertz CT molecular complexity index is 390. The number of ether oxygens (including phenoxy) is 1. The van der Waals surface area contributed by atoms with E-state index < -0.39 is 0 Å². The number of nitrogens with one attached hydrogen (secondary N) is 1. The predicted molar refractivity (Wildman–Crippen MR) is 77.7 cm³/mol. The molecule has 0 aliphatic rings. The molecule has 0 bridgehead atoms. The van der Waals surface area contributed by atoms with Gasteiger partial charge in [0.15, 0.2) is 5.82 Å². The Morgan fingerprint density at radius 2 is 2.11 bits per heavy atom. The molecule has 0 aliphatic heterocycles. The molecule has 0 spiro atoms. The number of hydrogen-bond acceptors (Lipinski definition) is 4. The molecule has 1 heterocycles. The maximum Gasteiger partial charge on any atom is 0.160 e. The maximum atomic E-state index is 5.53. The molecule has 1 aromatic heterocycles. The number of halogens is 1. The first-order chi connectivity index (χ1) is 8.40. The van der Waals surface area contributed by atoms with Gasteiger partial charge in [-0.3, -0.25) is 0 Å². The molecule has 0 saturated carbocycles. The fraction of sp³-hybridized carbons (Fsp3) is 0.692. The number of aromatic nitrogens is 2. The number of methoxy groups -OCH3 is 1. The monoisotopic (exact) mass is 315 g/mol. The molecule has 102 valence electrons. The minimum absolute atomic E-state index is 0.0371. The highest BCUT2D eigenvalue weighted by atomic mass is 79.9. The summed E-state index contributed by atoms with van der Waals surface area (Å²) < 4.78 is 6.41. The van der Waals surface area contributed by atoms with Gasteiger partial charge in [-0.2, -0.15) is 0 Å². The van der Waals surface area contributed by atoms with Gasteiger partial charge in [-0.1, -0.05) is 27.7 Å². The Morgan fingerprint density at radius 1 is 1.44 bits per heavy atom. The second kappa shape index (κ2) is 6.48. The van der Waals surface area contributed by atoms with E-state index in [9.17, 15) is 0 Å². The van der Waals surface area contributed by atoms with E-state index in [1.54, 1.807) is 13.3 Å². The quantitative estimate of drug-likeness (QED) is 0.898. The van der Waals surface area contributed by atoms with Gasteiger partial charge >= 0.3 is 0 Å². The lowest BCUT2D eigenvalue weighted by molar-refractivity contribution is 0.00873. The summed E-state index contributed by atoms with van der Waals surface area (Å²) in [5.74, 6) is 1.54. The molecular formula is C13H22BrN3O. The van der Waals surface area contributed by atoms with E-state index in [0.717, 1.165) is 23.3 Å². The third-order valence-electron chi connectivity index (χ3n) is 2.56. The number of anilines is 1. The largest absolute Gasteiger partial charge is 0.373 e. The Hall–Kier alpha value is -0.680. The fourth-order valence-corrected chi connectivity index (χ4v) is 2.05. The van der Waals surface area contributed by atoms with Gasteiger partial charge in [-0.05, 0) is 27.8 Å². The number of nitrogens with zero attached hydrogens (tertiary/aromatic N) is 2. The summed E-state index contributed by atoms with van der Waals surface area (Å²) in [5.41, 5.74) is -0.0371. The number of hydrogen-bond donors (Lipinski definition) is 1. The van der Waals surface area contributed by atoms with Crippen molar-refractivity contribution in [2.75, 3.05) is 19.0 Å². The molecule has 4 nitrogen and oxygen atoms in total. The van der Waals surface area contributed by atoms with Crippen molar-refractivity contribution in [3.05, 3.63) is 16.5 Å². The first kappa shape index (κ1) is 15.4. The van der Waals surface area contributed by atoms with Gasteiger partial charge in [0, 0.05) is 19.9 Å². The van der Waals surface area contributed by atoms with Gasteiger partial charge in [-0.25, -0.2) is 9.97 Å². The van der Waals surface area contributed by atoms with Crippen LogP contribution in [0.5, 0.6) is 0 Å². The van der Waals surface area contributed by atoms with Gasteiger partial charge in [-0.15, -0.1) is 0 Å².